The highest BCUT2D eigenvalue weighted by Gasteiger charge is 2.40. The number of carbonyl (C=O) groups is 2. The first-order valence-corrected chi connectivity index (χ1v) is 9.12. The lowest BCUT2D eigenvalue weighted by Crippen LogP contribution is -2.34. The van der Waals surface area contributed by atoms with Crippen LogP contribution in [0.25, 0.3) is 5.57 Å². The van der Waals surface area contributed by atoms with Crippen LogP contribution < -0.4 is 0 Å². The summed E-state index contributed by atoms with van der Waals surface area (Å²) >= 11 is 7.92. The number of allylic oxidation sites excluding steroid dienone is 2. The fourth-order valence-electron chi connectivity index (χ4n) is 3.10. The van der Waals surface area contributed by atoms with E-state index in [0.717, 1.165) is 16.7 Å². The molecule has 0 bridgehead atoms. The first kappa shape index (κ1) is 16.9. The van der Waals surface area contributed by atoms with Gasteiger partial charge in [0.05, 0.1) is 6.61 Å². The van der Waals surface area contributed by atoms with Crippen LogP contribution in [-0.4, -0.2) is 18.4 Å². The Balaban J connectivity index is 2.04. The predicted octanol–water partition coefficient (Wildman–Crippen LogP) is 4.72. The fraction of sp³-hybridized carbons (Fsp3) is 0.263. The molecule has 0 unspecified atom stereocenters. The maximum atomic E-state index is 12.7. The third-order valence-electron chi connectivity index (χ3n) is 4.20. The van der Waals surface area contributed by atoms with E-state index in [-0.39, 0.29) is 18.3 Å². The normalized spacial score (nSPS) is 20.6. The van der Waals surface area contributed by atoms with Gasteiger partial charge in [0.2, 0.25) is 0 Å². The lowest BCUT2D eigenvalue weighted by molar-refractivity contribution is -0.151. The minimum absolute atomic E-state index is 0.217. The van der Waals surface area contributed by atoms with Crippen molar-refractivity contribution in [1.82, 2.24) is 0 Å². The molecule has 0 spiro atoms. The Kier molecular flexibility index (Phi) is 5.17. The number of thiophene rings is 1. The molecular formula is C19H17ClO3S. The van der Waals surface area contributed by atoms with Gasteiger partial charge in [-0.2, -0.15) is 11.3 Å². The van der Waals surface area contributed by atoms with Crippen molar-refractivity contribution in [3.63, 3.8) is 0 Å². The molecule has 1 aliphatic carbocycles. The summed E-state index contributed by atoms with van der Waals surface area (Å²) in [7, 11) is 0. The fourth-order valence-corrected chi connectivity index (χ4v) is 4.06. The zero-order valence-electron chi connectivity index (χ0n) is 13.2. The predicted molar refractivity (Wildman–Crippen MR) is 96.2 cm³/mol. The smallest absolute Gasteiger partial charge is 0.317 e. The quantitative estimate of drug-likeness (QED) is 0.585. The van der Waals surface area contributed by atoms with Crippen molar-refractivity contribution in [1.29, 1.82) is 0 Å². The molecule has 3 rings (SSSR count). The summed E-state index contributed by atoms with van der Waals surface area (Å²) in [6.45, 7) is 1.99. The van der Waals surface area contributed by atoms with Crippen LogP contribution in [0.2, 0.25) is 5.02 Å². The number of carbonyl (C=O) groups excluding carboxylic acids is 2. The van der Waals surface area contributed by atoms with Crippen LogP contribution >= 0.6 is 22.9 Å². The number of rotatable bonds is 4. The lowest BCUT2D eigenvalue weighted by atomic mass is 9.74. The van der Waals surface area contributed by atoms with Crippen LogP contribution in [0.4, 0.5) is 0 Å². The number of ketones is 1. The molecule has 0 saturated heterocycles. The van der Waals surface area contributed by atoms with Crippen molar-refractivity contribution in [2.24, 2.45) is 5.92 Å². The van der Waals surface area contributed by atoms with E-state index < -0.39 is 11.9 Å². The SMILES string of the molecule is CCOC(=O)[C@@H]1C(=O)C=C(c2ccsc2)C[C@@H]1c1ccccc1Cl. The van der Waals surface area contributed by atoms with Crippen molar-refractivity contribution < 1.29 is 14.3 Å². The van der Waals surface area contributed by atoms with Gasteiger partial charge in [-0.15, -0.1) is 0 Å². The van der Waals surface area contributed by atoms with E-state index in [4.69, 9.17) is 16.3 Å². The summed E-state index contributed by atoms with van der Waals surface area (Å²) < 4.78 is 5.14. The molecule has 0 saturated carbocycles. The third kappa shape index (κ3) is 3.30. The Morgan fingerprint density at radius 2 is 2.12 bits per heavy atom. The summed E-state index contributed by atoms with van der Waals surface area (Å²) in [6.07, 6.45) is 2.16. The van der Waals surface area contributed by atoms with Gasteiger partial charge in [-0.1, -0.05) is 29.8 Å². The molecule has 2 aromatic rings. The molecule has 5 heteroatoms. The van der Waals surface area contributed by atoms with Crippen LogP contribution in [-0.2, 0) is 14.3 Å². The van der Waals surface area contributed by atoms with Gasteiger partial charge in [0.1, 0.15) is 5.92 Å². The van der Waals surface area contributed by atoms with Gasteiger partial charge < -0.3 is 4.74 Å². The van der Waals surface area contributed by atoms with Crippen molar-refractivity contribution in [2.45, 2.75) is 19.3 Å². The number of hydrogen-bond acceptors (Lipinski definition) is 4. The van der Waals surface area contributed by atoms with Crippen molar-refractivity contribution in [3.05, 3.63) is 63.3 Å². The molecular weight excluding hydrogens is 344 g/mol. The van der Waals surface area contributed by atoms with Crippen molar-refractivity contribution in [3.8, 4) is 0 Å². The van der Waals surface area contributed by atoms with Gasteiger partial charge in [-0.25, -0.2) is 0 Å². The van der Waals surface area contributed by atoms with Crippen LogP contribution in [0, 0.1) is 5.92 Å². The molecule has 1 aliphatic rings. The second-order valence-electron chi connectivity index (χ2n) is 5.65. The molecule has 2 atom stereocenters. The third-order valence-corrected chi connectivity index (χ3v) is 5.23. The summed E-state index contributed by atoms with van der Waals surface area (Å²) in [6, 6.07) is 9.36. The van der Waals surface area contributed by atoms with Crippen LogP contribution in [0.5, 0.6) is 0 Å². The van der Waals surface area contributed by atoms with Crippen LogP contribution in [0.15, 0.2) is 47.2 Å². The molecule has 0 N–H and O–H groups in total. The number of hydrogen-bond donors (Lipinski definition) is 0. The van der Waals surface area contributed by atoms with Crippen LogP contribution in [0.3, 0.4) is 0 Å². The van der Waals surface area contributed by atoms with E-state index >= 15 is 0 Å². The summed E-state index contributed by atoms with van der Waals surface area (Å²) in [5.41, 5.74) is 2.77. The second kappa shape index (κ2) is 7.32. The molecule has 24 heavy (non-hydrogen) atoms. The van der Waals surface area contributed by atoms with E-state index in [9.17, 15) is 9.59 Å². The van der Waals surface area contributed by atoms with Gasteiger partial charge in [-0.3, -0.25) is 9.59 Å². The average molecular weight is 361 g/mol. The molecule has 1 aromatic heterocycles. The molecule has 3 nitrogen and oxygen atoms in total. The molecule has 1 heterocycles. The number of ether oxygens (including phenoxy) is 1. The van der Waals surface area contributed by atoms with Gasteiger partial charge in [0, 0.05) is 10.9 Å². The molecule has 1 aromatic carbocycles. The highest BCUT2D eigenvalue weighted by Crippen LogP contribution is 2.42. The maximum absolute atomic E-state index is 12.7. The highest BCUT2D eigenvalue weighted by atomic mass is 35.5. The minimum Gasteiger partial charge on any atom is -0.465 e. The first-order chi connectivity index (χ1) is 11.6. The topological polar surface area (TPSA) is 43.4 Å². The second-order valence-corrected chi connectivity index (χ2v) is 6.83. The summed E-state index contributed by atoms with van der Waals surface area (Å²) in [4.78, 5) is 25.1. The number of halogens is 1. The van der Waals surface area contributed by atoms with Gasteiger partial charge in [-0.05, 0) is 59.0 Å². The minimum atomic E-state index is -0.841. The van der Waals surface area contributed by atoms with Gasteiger partial charge >= 0.3 is 5.97 Å². The number of esters is 1. The Hall–Kier alpha value is -1.91. The number of benzene rings is 1. The van der Waals surface area contributed by atoms with E-state index in [1.165, 1.54) is 0 Å². The zero-order valence-corrected chi connectivity index (χ0v) is 14.8. The zero-order chi connectivity index (χ0) is 17.1. The first-order valence-electron chi connectivity index (χ1n) is 7.80. The van der Waals surface area contributed by atoms with Crippen molar-refractivity contribution >= 4 is 40.3 Å². The Bertz CT molecular complexity index is 780. The van der Waals surface area contributed by atoms with E-state index in [1.807, 2.05) is 35.0 Å². The van der Waals surface area contributed by atoms with Crippen molar-refractivity contribution in [2.75, 3.05) is 6.61 Å². The van der Waals surface area contributed by atoms with Gasteiger partial charge in [0.15, 0.2) is 5.78 Å². The Morgan fingerprint density at radius 3 is 2.79 bits per heavy atom. The van der Waals surface area contributed by atoms with E-state index in [1.54, 1.807) is 30.4 Å². The van der Waals surface area contributed by atoms with Crippen LogP contribution in [0.1, 0.15) is 30.4 Å². The van der Waals surface area contributed by atoms with E-state index in [0.29, 0.717) is 11.4 Å². The summed E-state index contributed by atoms with van der Waals surface area (Å²) in [5.74, 6) is -1.85. The maximum Gasteiger partial charge on any atom is 0.317 e. The van der Waals surface area contributed by atoms with E-state index in [2.05, 4.69) is 0 Å². The summed E-state index contributed by atoms with van der Waals surface area (Å²) in [5, 5.41) is 4.55. The largest absolute Gasteiger partial charge is 0.465 e. The molecule has 0 amide bonds. The standard InChI is InChI=1S/C19H17ClO3S/c1-2-23-19(22)18-15(14-5-3-4-6-16(14)20)9-13(10-17(18)21)12-7-8-24-11-12/h3-8,10-11,15,18H,2,9H2,1H3/t15-,18+/m1/s1. The lowest BCUT2D eigenvalue weighted by Gasteiger charge is -2.29. The molecule has 0 aliphatic heterocycles. The monoisotopic (exact) mass is 360 g/mol. The molecule has 124 valence electrons. The molecule has 0 fully saturated rings. The Morgan fingerprint density at radius 1 is 1.33 bits per heavy atom. The van der Waals surface area contributed by atoms with Gasteiger partial charge in [0.25, 0.3) is 0 Å². The Labute approximate surface area is 149 Å². The highest BCUT2D eigenvalue weighted by molar-refractivity contribution is 7.08. The average Bonchev–Trinajstić information content (AvgIpc) is 3.09. The molecule has 0 radical (unpaired) electrons.